The number of fused-ring (bicyclic) bond motifs is 1. The van der Waals surface area contributed by atoms with Gasteiger partial charge in [-0.25, -0.2) is 4.98 Å². The molecular formula is C18H21N5O2S. The summed E-state index contributed by atoms with van der Waals surface area (Å²) in [6.07, 6.45) is 3.58. The molecule has 0 saturated carbocycles. The van der Waals surface area contributed by atoms with Crippen molar-refractivity contribution in [1.29, 1.82) is 0 Å². The van der Waals surface area contributed by atoms with Gasteiger partial charge in [-0.1, -0.05) is 11.2 Å². The summed E-state index contributed by atoms with van der Waals surface area (Å²) in [5.74, 6) is 0.849. The summed E-state index contributed by atoms with van der Waals surface area (Å²) in [6.45, 7) is 6.52. The quantitative estimate of drug-likeness (QED) is 0.745. The highest BCUT2D eigenvalue weighted by atomic mass is 32.1. The van der Waals surface area contributed by atoms with Crippen molar-refractivity contribution in [3.8, 4) is 0 Å². The van der Waals surface area contributed by atoms with Crippen LogP contribution in [0.15, 0.2) is 34.6 Å². The number of aromatic nitrogens is 3. The van der Waals surface area contributed by atoms with E-state index in [4.69, 9.17) is 4.52 Å². The number of carbonyl (C=O) groups is 1. The minimum atomic E-state index is -0.290. The highest BCUT2D eigenvalue weighted by molar-refractivity contribution is 7.09. The smallest absolute Gasteiger partial charge is 0.244 e. The first-order valence-corrected chi connectivity index (χ1v) is 9.44. The average molecular weight is 371 g/mol. The molecule has 3 aromatic rings. The molecule has 7 nitrogen and oxygen atoms in total. The normalized spacial score (nSPS) is 17.2. The van der Waals surface area contributed by atoms with Crippen LogP contribution in [0, 0.1) is 13.8 Å². The number of carbonyl (C=O) groups excluding carboxylic acids is 1. The van der Waals surface area contributed by atoms with Crippen LogP contribution in [0.25, 0.3) is 0 Å². The molecule has 26 heavy (non-hydrogen) atoms. The molecule has 4 heterocycles. The minimum absolute atomic E-state index is 0.0149. The summed E-state index contributed by atoms with van der Waals surface area (Å²) >= 11 is 1.64. The lowest BCUT2D eigenvalue weighted by Gasteiger charge is -2.33. The first-order chi connectivity index (χ1) is 12.6. The second-order valence-electron chi connectivity index (χ2n) is 6.58. The second-order valence-corrected chi connectivity index (χ2v) is 7.61. The average Bonchev–Trinajstić information content (AvgIpc) is 3.37. The van der Waals surface area contributed by atoms with Gasteiger partial charge in [-0.3, -0.25) is 9.69 Å². The number of rotatable bonds is 5. The first kappa shape index (κ1) is 17.0. The Balaban J connectivity index is 1.50. The van der Waals surface area contributed by atoms with E-state index in [2.05, 4.69) is 20.4 Å². The molecule has 0 aliphatic carbocycles. The fourth-order valence-electron chi connectivity index (χ4n) is 3.35. The third-order valence-electron chi connectivity index (χ3n) is 4.78. The number of hydrogen-bond acceptors (Lipinski definition) is 6. The molecule has 0 radical (unpaired) electrons. The van der Waals surface area contributed by atoms with Crippen LogP contribution in [0.2, 0.25) is 0 Å². The fourth-order valence-corrected chi connectivity index (χ4v) is 3.99. The van der Waals surface area contributed by atoms with Crippen LogP contribution >= 0.6 is 11.3 Å². The van der Waals surface area contributed by atoms with Crippen LogP contribution in [0.4, 0.5) is 0 Å². The zero-order valence-corrected chi connectivity index (χ0v) is 15.6. The van der Waals surface area contributed by atoms with Crippen molar-refractivity contribution in [3.63, 3.8) is 0 Å². The number of imidazole rings is 1. The lowest BCUT2D eigenvalue weighted by Crippen LogP contribution is -2.44. The van der Waals surface area contributed by atoms with Gasteiger partial charge in [0.2, 0.25) is 5.91 Å². The molecule has 0 fully saturated rings. The van der Waals surface area contributed by atoms with E-state index >= 15 is 0 Å². The van der Waals surface area contributed by atoms with Gasteiger partial charge in [-0.15, -0.1) is 11.3 Å². The van der Waals surface area contributed by atoms with E-state index in [1.165, 1.54) is 0 Å². The maximum Gasteiger partial charge on any atom is 0.244 e. The Kier molecular flexibility index (Phi) is 4.60. The van der Waals surface area contributed by atoms with Crippen LogP contribution in [0.5, 0.6) is 0 Å². The summed E-state index contributed by atoms with van der Waals surface area (Å²) in [5.41, 5.74) is 3.04. The van der Waals surface area contributed by atoms with Crippen molar-refractivity contribution in [1.82, 2.24) is 24.9 Å². The minimum Gasteiger partial charge on any atom is -0.361 e. The Bertz CT molecular complexity index is 879. The topological polar surface area (TPSA) is 76.2 Å². The van der Waals surface area contributed by atoms with Gasteiger partial charge in [-0.05, 0) is 25.3 Å². The van der Waals surface area contributed by atoms with E-state index in [9.17, 15) is 4.79 Å². The SMILES string of the molecule is Cc1noc(C)c1CN1Cc2cncn2[C@@H](C(=O)NCc2cccs2)C1. The standard InChI is InChI=1S/C18H21N5O2S/c1-12-16(13(2)25-21-12)9-22-8-14-6-19-11-23(14)17(10-22)18(24)20-7-15-4-3-5-26-15/h3-6,11,17H,7-10H2,1-2H3,(H,20,24)/t17-/m1/s1. The van der Waals surface area contributed by atoms with E-state index in [1.807, 2.05) is 42.1 Å². The summed E-state index contributed by atoms with van der Waals surface area (Å²) in [7, 11) is 0. The monoisotopic (exact) mass is 371 g/mol. The van der Waals surface area contributed by atoms with Gasteiger partial charge >= 0.3 is 0 Å². The molecular weight excluding hydrogens is 350 g/mol. The van der Waals surface area contributed by atoms with Gasteiger partial charge < -0.3 is 14.4 Å². The van der Waals surface area contributed by atoms with E-state index < -0.39 is 0 Å². The van der Waals surface area contributed by atoms with Gasteiger partial charge in [0.05, 0.1) is 24.3 Å². The molecule has 1 aliphatic rings. The predicted molar refractivity (Wildman–Crippen MR) is 97.5 cm³/mol. The maximum absolute atomic E-state index is 12.8. The van der Waals surface area contributed by atoms with Crippen LogP contribution in [0.3, 0.4) is 0 Å². The Morgan fingerprint density at radius 3 is 3.08 bits per heavy atom. The van der Waals surface area contributed by atoms with Gasteiger partial charge in [0.1, 0.15) is 11.8 Å². The first-order valence-electron chi connectivity index (χ1n) is 8.56. The summed E-state index contributed by atoms with van der Waals surface area (Å²) in [6, 6.07) is 3.73. The lowest BCUT2D eigenvalue weighted by molar-refractivity contribution is -0.125. The molecule has 1 N–H and O–H groups in total. The van der Waals surface area contributed by atoms with Crippen LogP contribution in [-0.2, 0) is 24.4 Å². The molecule has 0 unspecified atom stereocenters. The third-order valence-corrected chi connectivity index (χ3v) is 5.66. The molecule has 0 aromatic carbocycles. The van der Waals surface area contributed by atoms with Crippen molar-refractivity contribution in [3.05, 3.63) is 57.6 Å². The molecule has 8 heteroatoms. The molecule has 4 rings (SSSR count). The van der Waals surface area contributed by atoms with Crippen molar-refractivity contribution < 1.29 is 9.32 Å². The fraction of sp³-hybridized carbons (Fsp3) is 0.389. The molecule has 1 amide bonds. The maximum atomic E-state index is 12.8. The van der Waals surface area contributed by atoms with Gasteiger partial charge in [-0.2, -0.15) is 0 Å². The number of aryl methyl sites for hydroxylation is 2. The van der Waals surface area contributed by atoms with Gasteiger partial charge in [0.15, 0.2) is 0 Å². The van der Waals surface area contributed by atoms with Crippen molar-refractivity contribution in [2.75, 3.05) is 6.54 Å². The van der Waals surface area contributed by atoms with Crippen LogP contribution in [-0.4, -0.2) is 32.1 Å². The summed E-state index contributed by atoms with van der Waals surface area (Å²) in [4.78, 5) is 20.5. The van der Waals surface area contributed by atoms with Gasteiger partial charge in [0, 0.05) is 36.3 Å². The van der Waals surface area contributed by atoms with Gasteiger partial charge in [0.25, 0.3) is 0 Å². The van der Waals surface area contributed by atoms with E-state index in [1.54, 1.807) is 17.7 Å². The summed E-state index contributed by atoms with van der Waals surface area (Å²) in [5, 5.41) is 9.10. The van der Waals surface area contributed by atoms with Crippen LogP contribution < -0.4 is 5.32 Å². The highest BCUT2D eigenvalue weighted by Gasteiger charge is 2.31. The number of nitrogens with zero attached hydrogens (tertiary/aromatic N) is 4. The largest absolute Gasteiger partial charge is 0.361 e. The van der Waals surface area contributed by atoms with Crippen molar-refractivity contribution in [2.45, 2.75) is 39.5 Å². The van der Waals surface area contributed by atoms with E-state index in [0.717, 1.165) is 34.1 Å². The molecule has 0 spiro atoms. The molecule has 0 bridgehead atoms. The van der Waals surface area contributed by atoms with Crippen LogP contribution in [0.1, 0.15) is 33.6 Å². The molecule has 3 aromatic heterocycles. The molecule has 136 valence electrons. The zero-order chi connectivity index (χ0) is 18.1. The predicted octanol–water partition coefficient (Wildman–Crippen LogP) is 2.42. The molecule has 1 aliphatic heterocycles. The van der Waals surface area contributed by atoms with E-state index in [0.29, 0.717) is 19.6 Å². The Morgan fingerprint density at radius 1 is 1.46 bits per heavy atom. The van der Waals surface area contributed by atoms with E-state index in [-0.39, 0.29) is 11.9 Å². The number of thiophene rings is 1. The number of amides is 1. The van der Waals surface area contributed by atoms with Crippen molar-refractivity contribution in [2.24, 2.45) is 0 Å². The molecule has 0 saturated heterocycles. The Morgan fingerprint density at radius 2 is 2.35 bits per heavy atom. The Labute approximate surface area is 155 Å². The Hall–Kier alpha value is -2.45. The highest BCUT2D eigenvalue weighted by Crippen LogP contribution is 2.24. The number of hydrogen-bond donors (Lipinski definition) is 1. The lowest BCUT2D eigenvalue weighted by atomic mass is 10.1. The zero-order valence-electron chi connectivity index (χ0n) is 14.8. The second kappa shape index (κ2) is 7.05. The molecule has 1 atom stereocenters. The number of nitrogens with one attached hydrogen (secondary N) is 1. The third kappa shape index (κ3) is 3.30. The summed E-state index contributed by atoms with van der Waals surface area (Å²) < 4.78 is 7.25. The van der Waals surface area contributed by atoms with Crippen molar-refractivity contribution >= 4 is 17.2 Å².